The molecule has 1 N–H and O–H groups in total. The van der Waals surface area contributed by atoms with E-state index in [0.717, 1.165) is 0 Å². The maximum absolute atomic E-state index is 10.3. The molecule has 0 aliphatic heterocycles. The Morgan fingerprint density at radius 1 is 1.14 bits per heavy atom. The minimum absolute atomic E-state index is 0. The van der Waals surface area contributed by atoms with Gasteiger partial charge in [-0.1, -0.05) is 0 Å². The van der Waals surface area contributed by atoms with Gasteiger partial charge in [-0.05, 0) is 7.60 Å². The number of aliphatic hydroxyl groups excluding tert-OH is 1. The minimum Gasteiger partial charge on any atom is -0.809 e. The number of hydrogen-bond acceptors (Lipinski definition) is 7. The summed E-state index contributed by atoms with van der Waals surface area (Å²) in [4.78, 5) is 30.1. The molecule has 0 aliphatic rings. The van der Waals surface area contributed by atoms with Gasteiger partial charge < -0.3 is 33.4 Å². The summed E-state index contributed by atoms with van der Waals surface area (Å²) in [7, 11) is -9.86. The summed E-state index contributed by atoms with van der Waals surface area (Å²) < 4.78 is 23.8. The van der Waals surface area contributed by atoms with E-state index >= 15 is 0 Å². The van der Waals surface area contributed by atoms with Crippen molar-refractivity contribution < 1.29 is 101 Å². The third kappa shape index (κ3) is 8.61. The quantitative estimate of drug-likeness (QED) is 0.314. The Bertz CT molecular complexity index is 227. The third-order valence-electron chi connectivity index (χ3n) is 0.820. The van der Waals surface area contributed by atoms with Crippen molar-refractivity contribution in [2.24, 2.45) is 0 Å². The van der Waals surface area contributed by atoms with Crippen molar-refractivity contribution in [2.45, 2.75) is 5.59 Å². The standard InChI is InChI=1S/C2H8O7P2.3Ag/c1-9-11(7,8)2(3)10(4,5)6;;;/h2-3H,1H3,(H,7,8)(H2,4,5,6);;;/q;3*+1/p-3. The molecule has 0 saturated heterocycles. The maximum Gasteiger partial charge on any atom is 1.00 e. The van der Waals surface area contributed by atoms with Gasteiger partial charge in [0.15, 0.2) is 7.60 Å². The molecule has 0 amide bonds. The van der Waals surface area contributed by atoms with Crippen LogP contribution < -0.4 is 14.7 Å². The number of rotatable bonds is 3. The molecule has 0 aromatic heterocycles. The molecule has 0 radical (unpaired) electrons. The van der Waals surface area contributed by atoms with Crippen LogP contribution in [0.1, 0.15) is 0 Å². The van der Waals surface area contributed by atoms with Crippen molar-refractivity contribution in [3.05, 3.63) is 0 Å². The first-order chi connectivity index (χ1) is 4.72. The van der Waals surface area contributed by atoms with Gasteiger partial charge in [-0.25, -0.2) is 0 Å². The van der Waals surface area contributed by atoms with Gasteiger partial charge in [0.25, 0.3) is 0 Å². The summed E-state index contributed by atoms with van der Waals surface area (Å²) in [5.74, 6) is 0. The average molecular weight is 527 g/mol. The zero-order chi connectivity index (χ0) is 9.28. The van der Waals surface area contributed by atoms with E-state index in [-0.39, 0.29) is 67.1 Å². The van der Waals surface area contributed by atoms with Gasteiger partial charge in [0.1, 0.15) is 5.59 Å². The topological polar surface area (TPSA) is 133 Å². The van der Waals surface area contributed by atoms with Crippen molar-refractivity contribution in [3.63, 3.8) is 0 Å². The summed E-state index contributed by atoms with van der Waals surface area (Å²) in [6.45, 7) is 0. The fourth-order valence-electron chi connectivity index (χ4n) is 0.267. The van der Waals surface area contributed by atoms with Crippen molar-refractivity contribution >= 4 is 15.2 Å². The molecule has 12 heteroatoms. The van der Waals surface area contributed by atoms with Gasteiger partial charge in [0, 0.05) is 7.11 Å². The summed E-state index contributed by atoms with van der Waals surface area (Å²) >= 11 is 0. The molecule has 0 aromatic rings. The summed E-state index contributed by atoms with van der Waals surface area (Å²) in [6.07, 6.45) is 0. The molecule has 7 nitrogen and oxygen atoms in total. The van der Waals surface area contributed by atoms with Gasteiger partial charge in [-0.2, -0.15) is 0 Å². The molecule has 0 heterocycles. The van der Waals surface area contributed by atoms with Gasteiger partial charge in [0.05, 0.1) is 0 Å². The second-order valence-corrected chi connectivity index (χ2v) is 5.52. The molecule has 14 heavy (non-hydrogen) atoms. The molecule has 0 bridgehead atoms. The molecule has 2 unspecified atom stereocenters. The van der Waals surface area contributed by atoms with Crippen LogP contribution in [0.5, 0.6) is 0 Å². The third-order valence-corrected chi connectivity index (χ3v) is 4.16. The predicted molar refractivity (Wildman–Crippen MR) is 28.2 cm³/mol. The Kier molecular flexibility index (Phi) is 17.2. The van der Waals surface area contributed by atoms with Crippen LogP contribution in [0.3, 0.4) is 0 Å². The van der Waals surface area contributed by atoms with Crippen LogP contribution in [0.25, 0.3) is 0 Å². The molecule has 0 fully saturated rings. The smallest absolute Gasteiger partial charge is 0.809 e. The fourth-order valence-corrected chi connectivity index (χ4v) is 2.12. The van der Waals surface area contributed by atoms with Gasteiger partial charge in [-0.3, -0.25) is 0 Å². The van der Waals surface area contributed by atoms with E-state index in [9.17, 15) is 23.8 Å². The Labute approximate surface area is 127 Å². The molecular formula is C2H5Ag3O7P2. The second-order valence-electron chi connectivity index (χ2n) is 1.61. The van der Waals surface area contributed by atoms with Crippen LogP contribution >= 0.6 is 15.2 Å². The Morgan fingerprint density at radius 3 is 1.50 bits per heavy atom. The predicted octanol–water partition coefficient (Wildman–Crippen LogP) is -2.63. The van der Waals surface area contributed by atoms with Crippen molar-refractivity contribution in [3.8, 4) is 0 Å². The van der Waals surface area contributed by atoms with Gasteiger partial charge in [-0.15, -0.1) is 0 Å². The molecule has 0 rings (SSSR count). The first kappa shape index (κ1) is 25.4. The average Bonchev–Trinajstić information content (AvgIpc) is 1.84. The van der Waals surface area contributed by atoms with Gasteiger partial charge in [0.2, 0.25) is 0 Å². The van der Waals surface area contributed by atoms with Crippen molar-refractivity contribution in [1.82, 2.24) is 0 Å². The van der Waals surface area contributed by atoms with Crippen LogP contribution in [-0.4, -0.2) is 17.8 Å². The molecule has 0 spiro atoms. The van der Waals surface area contributed by atoms with E-state index in [0.29, 0.717) is 7.11 Å². The zero-order valence-corrected chi connectivity index (χ0v) is 12.5. The second kappa shape index (κ2) is 9.50. The van der Waals surface area contributed by atoms with Crippen LogP contribution in [0.4, 0.5) is 0 Å². The molecule has 0 saturated carbocycles. The molecule has 0 aromatic carbocycles. The fraction of sp³-hybridized carbons (Fsp3) is 1.00. The van der Waals surface area contributed by atoms with Crippen LogP contribution in [0.2, 0.25) is 0 Å². The van der Waals surface area contributed by atoms with Crippen molar-refractivity contribution in [2.75, 3.05) is 7.11 Å². The van der Waals surface area contributed by atoms with Gasteiger partial charge >= 0.3 is 67.1 Å². The molecule has 0 aliphatic carbocycles. The van der Waals surface area contributed by atoms with E-state index < -0.39 is 20.8 Å². The SMILES string of the molecule is COP(=O)([O-])C(O)P(=O)([O-])[O-].[Ag+].[Ag+].[Ag+]. The minimum atomic E-state index is -5.54. The summed E-state index contributed by atoms with van der Waals surface area (Å²) in [5, 5.41) is 8.32. The summed E-state index contributed by atoms with van der Waals surface area (Å²) in [6, 6.07) is 0. The maximum atomic E-state index is 10.3. The first-order valence-electron chi connectivity index (χ1n) is 2.28. The van der Waals surface area contributed by atoms with E-state index in [1.165, 1.54) is 0 Å². The Morgan fingerprint density at radius 2 is 1.43 bits per heavy atom. The van der Waals surface area contributed by atoms with Crippen LogP contribution in [-0.2, 0) is 80.8 Å². The van der Waals surface area contributed by atoms with Crippen LogP contribution in [0.15, 0.2) is 0 Å². The number of aliphatic hydroxyl groups is 1. The van der Waals surface area contributed by atoms with Crippen molar-refractivity contribution in [1.29, 1.82) is 0 Å². The van der Waals surface area contributed by atoms with E-state index in [1.807, 2.05) is 0 Å². The largest absolute Gasteiger partial charge is 1.00 e. The molecule has 98 valence electrons. The van der Waals surface area contributed by atoms with E-state index in [4.69, 9.17) is 5.11 Å². The van der Waals surface area contributed by atoms with E-state index in [2.05, 4.69) is 4.52 Å². The van der Waals surface area contributed by atoms with E-state index in [1.54, 1.807) is 0 Å². The zero-order valence-electron chi connectivity index (χ0n) is 6.27. The Hall–Kier alpha value is 2.48. The summed E-state index contributed by atoms with van der Waals surface area (Å²) in [5.41, 5.74) is -3.00. The first-order valence-corrected chi connectivity index (χ1v) is 5.50. The number of hydrogen-bond donors (Lipinski definition) is 1. The monoisotopic (exact) mass is 524 g/mol. The Balaban J connectivity index is -0.000000167. The van der Waals surface area contributed by atoms with Crippen LogP contribution in [0, 0.1) is 0 Å². The molecule has 2 atom stereocenters. The molecular weight excluding hydrogens is 522 g/mol. The normalized spacial score (nSPS) is 16.4.